The number of rotatable bonds is 8. The first-order valence-electron chi connectivity index (χ1n) is 8.36. The number of carbonyl (C=O) groups excluding carboxylic acids is 1. The normalized spacial score (nSPS) is 18.7. The molecule has 1 fully saturated rings. The monoisotopic (exact) mass is 370 g/mol. The second-order valence-corrected chi connectivity index (χ2v) is 7.65. The summed E-state index contributed by atoms with van der Waals surface area (Å²) in [5.74, 6) is 0.644. The van der Waals surface area contributed by atoms with Gasteiger partial charge in [-0.25, -0.2) is 13.6 Å². The van der Waals surface area contributed by atoms with Crippen molar-refractivity contribution >= 4 is 15.9 Å². The number of nitrogens with two attached hydrogens (primary N) is 2. The van der Waals surface area contributed by atoms with Crippen molar-refractivity contribution in [3.63, 3.8) is 0 Å². The molecule has 2 rings (SSSR count). The Morgan fingerprint density at radius 2 is 2.04 bits per heavy atom. The van der Waals surface area contributed by atoms with Crippen LogP contribution in [-0.4, -0.2) is 58.6 Å². The lowest BCUT2D eigenvalue weighted by molar-refractivity contribution is -0.126. The highest BCUT2D eigenvalue weighted by molar-refractivity contribution is 7.89. The van der Waals surface area contributed by atoms with Crippen molar-refractivity contribution in [2.75, 3.05) is 39.3 Å². The van der Waals surface area contributed by atoms with Gasteiger partial charge >= 0.3 is 0 Å². The van der Waals surface area contributed by atoms with E-state index in [2.05, 4.69) is 10.2 Å². The molecule has 0 aliphatic carbocycles. The summed E-state index contributed by atoms with van der Waals surface area (Å²) < 4.78 is 28.1. The second kappa shape index (κ2) is 9.14. The fraction of sp³-hybridized carbons (Fsp3) is 0.562. The zero-order valence-corrected chi connectivity index (χ0v) is 15.0. The summed E-state index contributed by atoms with van der Waals surface area (Å²) in [5, 5.41) is 7.90. The second-order valence-electron chi connectivity index (χ2n) is 6.08. The minimum atomic E-state index is -3.69. The molecule has 140 valence electrons. The number of nitrogens with one attached hydrogen (secondary N) is 1. The van der Waals surface area contributed by atoms with Crippen molar-refractivity contribution in [2.45, 2.75) is 17.7 Å². The zero-order chi connectivity index (χ0) is 18.3. The number of hydrogen-bond donors (Lipinski definition) is 3. The molecular formula is C16H26N4O4S. The highest BCUT2D eigenvalue weighted by Gasteiger charge is 2.25. The number of amides is 1. The van der Waals surface area contributed by atoms with E-state index in [-0.39, 0.29) is 16.7 Å². The van der Waals surface area contributed by atoms with Gasteiger partial charge in [-0.1, -0.05) is 0 Å². The molecule has 1 aliphatic heterocycles. The van der Waals surface area contributed by atoms with Gasteiger partial charge < -0.3 is 15.8 Å². The maximum atomic E-state index is 12.0. The van der Waals surface area contributed by atoms with Crippen LogP contribution in [0, 0.1) is 5.92 Å². The Kier molecular flexibility index (Phi) is 7.18. The molecule has 1 aliphatic rings. The van der Waals surface area contributed by atoms with Crippen LogP contribution in [0.25, 0.3) is 0 Å². The summed E-state index contributed by atoms with van der Waals surface area (Å²) in [6, 6.07) is 6.00. The van der Waals surface area contributed by atoms with Gasteiger partial charge in [-0.3, -0.25) is 9.69 Å². The third-order valence-corrected chi connectivity index (χ3v) is 5.08. The van der Waals surface area contributed by atoms with Gasteiger partial charge in [-0.15, -0.1) is 0 Å². The Labute approximate surface area is 148 Å². The van der Waals surface area contributed by atoms with Crippen LogP contribution in [0.2, 0.25) is 0 Å². The molecule has 1 atom stereocenters. The van der Waals surface area contributed by atoms with Crippen LogP contribution in [0.4, 0.5) is 0 Å². The molecule has 25 heavy (non-hydrogen) atoms. The van der Waals surface area contributed by atoms with E-state index in [0.29, 0.717) is 38.5 Å². The minimum absolute atomic E-state index is 0.00524. The zero-order valence-electron chi connectivity index (χ0n) is 14.2. The van der Waals surface area contributed by atoms with Crippen molar-refractivity contribution in [3.05, 3.63) is 24.3 Å². The fourth-order valence-electron chi connectivity index (χ4n) is 2.83. The van der Waals surface area contributed by atoms with Gasteiger partial charge in [0.25, 0.3) is 0 Å². The number of primary sulfonamides is 1. The Bertz CT molecular complexity index is 663. The molecule has 5 N–H and O–H groups in total. The number of likely N-dealkylation sites (tertiary alicyclic amines) is 1. The molecule has 1 saturated heterocycles. The molecule has 1 unspecified atom stereocenters. The van der Waals surface area contributed by atoms with Crippen LogP contribution in [0.15, 0.2) is 29.2 Å². The van der Waals surface area contributed by atoms with Crippen LogP contribution in [0.5, 0.6) is 5.75 Å². The van der Waals surface area contributed by atoms with Crippen molar-refractivity contribution in [1.82, 2.24) is 10.2 Å². The van der Waals surface area contributed by atoms with Crippen molar-refractivity contribution in [2.24, 2.45) is 16.8 Å². The summed E-state index contributed by atoms with van der Waals surface area (Å²) in [6.07, 6.45) is 1.87. The molecule has 1 amide bonds. The van der Waals surface area contributed by atoms with Gasteiger partial charge in [0.15, 0.2) is 0 Å². The van der Waals surface area contributed by atoms with E-state index in [4.69, 9.17) is 15.6 Å². The van der Waals surface area contributed by atoms with E-state index in [1.165, 1.54) is 12.1 Å². The molecule has 1 heterocycles. The number of piperidine rings is 1. The third kappa shape index (κ3) is 6.28. The van der Waals surface area contributed by atoms with E-state index in [0.717, 1.165) is 19.4 Å². The molecule has 1 aromatic rings. The Morgan fingerprint density at radius 3 is 2.68 bits per heavy atom. The van der Waals surface area contributed by atoms with E-state index in [9.17, 15) is 13.2 Å². The van der Waals surface area contributed by atoms with Crippen LogP contribution < -0.4 is 20.9 Å². The molecule has 0 spiro atoms. The average molecular weight is 370 g/mol. The van der Waals surface area contributed by atoms with Gasteiger partial charge in [-0.2, -0.15) is 0 Å². The number of hydrogen-bond acceptors (Lipinski definition) is 6. The minimum Gasteiger partial charge on any atom is -0.492 e. The topological polar surface area (TPSA) is 128 Å². The van der Waals surface area contributed by atoms with Gasteiger partial charge in [-0.05, 0) is 43.7 Å². The van der Waals surface area contributed by atoms with Crippen molar-refractivity contribution in [1.29, 1.82) is 0 Å². The molecular weight excluding hydrogens is 344 g/mol. The van der Waals surface area contributed by atoms with Crippen molar-refractivity contribution < 1.29 is 17.9 Å². The Morgan fingerprint density at radius 1 is 1.32 bits per heavy atom. The van der Waals surface area contributed by atoms with E-state index < -0.39 is 10.0 Å². The average Bonchev–Trinajstić information content (AvgIpc) is 2.59. The van der Waals surface area contributed by atoms with Crippen molar-refractivity contribution in [3.8, 4) is 5.75 Å². The van der Waals surface area contributed by atoms with Gasteiger partial charge in [0.1, 0.15) is 12.4 Å². The first-order valence-corrected chi connectivity index (χ1v) is 9.90. The summed E-state index contributed by atoms with van der Waals surface area (Å²) in [4.78, 5) is 14.3. The van der Waals surface area contributed by atoms with E-state index in [1.807, 2.05) is 0 Å². The summed E-state index contributed by atoms with van der Waals surface area (Å²) >= 11 is 0. The standard InChI is InChI=1S/C16H26N4O4S/c17-7-8-19-16(21)13-2-1-9-20(12-13)10-11-24-14-3-5-15(6-4-14)25(18,22)23/h3-6,13H,1-2,7-12,17H2,(H,19,21)(H2,18,22,23). The van der Waals surface area contributed by atoms with Gasteiger partial charge in [0.05, 0.1) is 10.8 Å². The number of nitrogens with zero attached hydrogens (tertiary/aromatic N) is 1. The Hall–Kier alpha value is -1.68. The summed E-state index contributed by atoms with van der Waals surface area (Å²) in [7, 11) is -3.69. The first-order chi connectivity index (χ1) is 11.9. The number of benzene rings is 1. The largest absolute Gasteiger partial charge is 0.492 e. The Balaban J connectivity index is 1.76. The molecule has 0 aromatic heterocycles. The number of ether oxygens (including phenoxy) is 1. The highest BCUT2D eigenvalue weighted by Crippen LogP contribution is 2.17. The van der Waals surface area contributed by atoms with Crippen LogP contribution >= 0.6 is 0 Å². The smallest absolute Gasteiger partial charge is 0.238 e. The number of sulfonamides is 1. The quantitative estimate of drug-likeness (QED) is 0.566. The maximum absolute atomic E-state index is 12.0. The predicted molar refractivity (Wildman–Crippen MR) is 94.5 cm³/mol. The summed E-state index contributed by atoms with van der Waals surface area (Å²) in [5.41, 5.74) is 5.41. The fourth-order valence-corrected chi connectivity index (χ4v) is 3.35. The maximum Gasteiger partial charge on any atom is 0.238 e. The molecule has 0 saturated carbocycles. The van der Waals surface area contributed by atoms with E-state index in [1.54, 1.807) is 12.1 Å². The number of carbonyl (C=O) groups is 1. The molecule has 9 heteroatoms. The molecule has 0 bridgehead atoms. The SMILES string of the molecule is NCCNC(=O)C1CCCN(CCOc2ccc(S(N)(=O)=O)cc2)C1. The highest BCUT2D eigenvalue weighted by atomic mass is 32.2. The first kappa shape index (κ1) is 19.6. The van der Waals surface area contributed by atoms with Gasteiger partial charge in [0, 0.05) is 26.2 Å². The van der Waals surface area contributed by atoms with Crippen LogP contribution in [0.1, 0.15) is 12.8 Å². The lowest BCUT2D eigenvalue weighted by atomic mass is 9.97. The summed E-state index contributed by atoms with van der Waals surface area (Å²) in [6.45, 7) is 3.77. The van der Waals surface area contributed by atoms with Crippen LogP contribution in [0.3, 0.4) is 0 Å². The lowest BCUT2D eigenvalue weighted by Crippen LogP contribution is -2.45. The lowest BCUT2D eigenvalue weighted by Gasteiger charge is -2.31. The predicted octanol–water partition coefficient (Wildman–Crippen LogP) is -0.500. The molecule has 8 nitrogen and oxygen atoms in total. The van der Waals surface area contributed by atoms with E-state index >= 15 is 0 Å². The molecule has 0 radical (unpaired) electrons. The third-order valence-electron chi connectivity index (χ3n) is 4.15. The molecule has 1 aromatic carbocycles. The van der Waals surface area contributed by atoms with Gasteiger partial charge in [0.2, 0.25) is 15.9 Å². The van der Waals surface area contributed by atoms with Crippen LogP contribution in [-0.2, 0) is 14.8 Å².